The van der Waals surface area contributed by atoms with Gasteiger partial charge in [-0.25, -0.2) is 13.1 Å². The highest BCUT2D eigenvalue weighted by molar-refractivity contribution is 7.89. The van der Waals surface area contributed by atoms with Crippen LogP contribution in [0.2, 0.25) is 0 Å². The van der Waals surface area contributed by atoms with Crippen LogP contribution in [-0.4, -0.2) is 31.5 Å². The van der Waals surface area contributed by atoms with Gasteiger partial charge in [-0.15, -0.1) is 0 Å². The number of sulfonamides is 1. The average molecular weight is 421 g/mol. The monoisotopic (exact) mass is 420 g/mol. The lowest BCUT2D eigenvalue weighted by Crippen LogP contribution is -2.46. The van der Waals surface area contributed by atoms with Crippen molar-refractivity contribution in [3.63, 3.8) is 0 Å². The molecular formula is C20H28N4O4S. The first-order valence-electron chi connectivity index (χ1n) is 9.99. The molecule has 0 spiro atoms. The van der Waals surface area contributed by atoms with E-state index >= 15 is 0 Å². The second-order valence-corrected chi connectivity index (χ2v) is 9.42. The normalized spacial score (nSPS) is 16.9. The predicted molar refractivity (Wildman–Crippen MR) is 108 cm³/mol. The first-order chi connectivity index (χ1) is 13.8. The molecule has 3 rings (SSSR count). The number of amides is 1. The van der Waals surface area contributed by atoms with E-state index in [4.69, 9.17) is 4.52 Å². The Labute approximate surface area is 171 Å². The summed E-state index contributed by atoms with van der Waals surface area (Å²) in [6.07, 6.45) is 6.71. The second-order valence-electron chi connectivity index (χ2n) is 7.53. The minimum absolute atomic E-state index is 0.0683. The van der Waals surface area contributed by atoms with Crippen LogP contribution in [-0.2, 0) is 26.8 Å². The van der Waals surface area contributed by atoms with Crippen LogP contribution < -0.4 is 10.0 Å². The van der Waals surface area contributed by atoms with Crippen molar-refractivity contribution in [2.24, 2.45) is 0 Å². The molecule has 0 aliphatic heterocycles. The molecule has 0 atom stereocenters. The number of aromatic nitrogens is 2. The van der Waals surface area contributed by atoms with Crippen LogP contribution in [0, 0.1) is 6.92 Å². The van der Waals surface area contributed by atoms with Crippen molar-refractivity contribution in [2.45, 2.75) is 68.7 Å². The Kier molecular flexibility index (Phi) is 6.69. The SMILES string of the molecule is CNS(=O)(=O)c1ccc(CCC(=O)NC2(c3noc(C)n3)CCCCCC2)cc1. The molecule has 0 radical (unpaired) electrons. The molecule has 1 amide bonds. The molecule has 158 valence electrons. The van der Waals surface area contributed by atoms with Crippen LogP contribution in [0.5, 0.6) is 0 Å². The molecule has 1 saturated carbocycles. The van der Waals surface area contributed by atoms with E-state index in [0.717, 1.165) is 44.1 Å². The molecule has 0 unspecified atom stereocenters. The number of benzene rings is 1. The van der Waals surface area contributed by atoms with Crippen LogP contribution in [0.25, 0.3) is 0 Å². The Hall–Kier alpha value is -2.26. The third-order valence-corrected chi connectivity index (χ3v) is 6.86. The highest BCUT2D eigenvalue weighted by Gasteiger charge is 2.38. The third-order valence-electron chi connectivity index (χ3n) is 5.43. The van der Waals surface area contributed by atoms with Crippen molar-refractivity contribution in [3.05, 3.63) is 41.5 Å². The first-order valence-corrected chi connectivity index (χ1v) is 11.5. The highest BCUT2D eigenvalue weighted by atomic mass is 32.2. The number of nitrogens with one attached hydrogen (secondary N) is 2. The van der Waals surface area contributed by atoms with Gasteiger partial charge in [-0.3, -0.25) is 4.79 Å². The highest BCUT2D eigenvalue weighted by Crippen LogP contribution is 2.34. The number of nitrogens with zero attached hydrogens (tertiary/aromatic N) is 2. The van der Waals surface area contributed by atoms with Gasteiger partial charge in [-0.05, 0) is 44.0 Å². The van der Waals surface area contributed by atoms with Gasteiger partial charge in [0.2, 0.25) is 21.8 Å². The van der Waals surface area contributed by atoms with Crippen molar-refractivity contribution in [3.8, 4) is 0 Å². The van der Waals surface area contributed by atoms with E-state index in [1.54, 1.807) is 31.2 Å². The second kappa shape index (κ2) is 9.04. The van der Waals surface area contributed by atoms with Crippen LogP contribution >= 0.6 is 0 Å². The maximum atomic E-state index is 12.8. The molecule has 9 heteroatoms. The van der Waals surface area contributed by atoms with E-state index in [1.807, 2.05) is 0 Å². The summed E-state index contributed by atoms with van der Waals surface area (Å²) in [5, 5.41) is 7.29. The van der Waals surface area contributed by atoms with E-state index in [9.17, 15) is 13.2 Å². The molecule has 0 saturated heterocycles. The van der Waals surface area contributed by atoms with Crippen molar-refractivity contribution in [1.29, 1.82) is 0 Å². The van der Waals surface area contributed by atoms with Crippen molar-refractivity contribution < 1.29 is 17.7 Å². The largest absolute Gasteiger partial charge is 0.343 e. The summed E-state index contributed by atoms with van der Waals surface area (Å²) in [6, 6.07) is 6.57. The number of hydrogen-bond acceptors (Lipinski definition) is 6. The first kappa shape index (κ1) is 21.4. The van der Waals surface area contributed by atoms with Crippen LogP contribution in [0.3, 0.4) is 0 Å². The number of carbonyl (C=O) groups excluding carboxylic acids is 1. The fourth-order valence-electron chi connectivity index (χ4n) is 3.77. The maximum absolute atomic E-state index is 12.8. The Morgan fingerprint density at radius 1 is 1.14 bits per heavy atom. The Balaban J connectivity index is 1.66. The molecule has 29 heavy (non-hydrogen) atoms. The van der Waals surface area contributed by atoms with E-state index in [-0.39, 0.29) is 10.8 Å². The standard InChI is InChI=1S/C20H28N4O4S/c1-15-22-19(24-28-15)20(13-5-3-4-6-14-20)23-18(25)12-9-16-7-10-17(11-8-16)29(26,27)21-2/h7-8,10-11,21H,3-6,9,12-14H2,1-2H3,(H,23,25). The third kappa shape index (κ3) is 5.22. The topological polar surface area (TPSA) is 114 Å². The lowest BCUT2D eigenvalue weighted by molar-refractivity contribution is -0.123. The number of rotatable bonds is 7. The van der Waals surface area contributed by atoms with Gasteiger partial charge in [0.1, 0.15) is 5.54 Å². The van der Waals surface area contributed by atoms with Gasteiger partial charge in [-0.2, -0.15) is 4.98 Å². The number of carbonyl (C=O) groups is 1. The summed E-state index contributed by atoms with van der Waals surface area (Å²) in [5.41, 5.74) is 0.330. The fourth-order valence-corrected chi connectivity index (χ4v) is 4.50. The number of hydrogen-bond donors (Lipinski definition) is 2. The zero-order valence-corrected chi connectivity index (χ0v) is 17.7. The van der Waals surface area contributed by atoms with Gasteiger partial charge in [0.05, 0.1) is 4.90 Å². The smallest absolute Gasteiger partial charge is 0.240 e. The molecule has 1 fully saturated rings. The molecule has 0 bridgehead atoms. The molecule has 1 aromatic heterocycles. The summed E-state index contributed by atoms with van der Waals surface area (Å²) in [6.45, 7) is 1.75. The summed E-state index contributed by atoms with van der Waals surface area (Å²) < 4.78 is 31.1. The molecular weight excluding hydrogens is 392 g/mol. The molecule has 8 nitrogen and oxygen atoms in total. The summed E-state index contributed by atoms with van der Waals surface area (Å²) in [4.78, 5) is 17.4. The Morgan fingerprint density at radius 3 is 2.34 bits per heavy atom. The zero-order chi connectivity index (χ0) is 20.9. The number of aryl methyl sites for hydroxylation is 2. The average Bonchev–Trinajstić information content (AvgIpc) is 3.02. The quantitative estimate of drug-likeness (QED) is 0.666. The predicted octanol–water partition coefficient (Wildman–Crippen LogP) is 2.58. The van der Waals surface area contributed by atoms with Crippen molar-refractivity contribution in [1.82, 2.24) is 20.2 Å². The van der Waals surface area contributed by atoms with Crippen LogP contribution in [0.1, 0.15) is 62.2 Å². The Morgan fingerprint density at radius 2 is 1.79 bits per heavy atom. The lowest BCUT2D eigenvalue weighted by Gasteiger charge is -2.30. The van der Waals surface area contributed by atoms with Crippen molar-refractivity contribution >= 4 is 15.9 Å². The summed E-state index contributed by atoms with van der Waals surface area (Å²) >= 11 is 0. The van der Waals surface area contributed by atoms with E-state index < -0.39 is 15.6 Å². The van der Waals surface area contributed by atoms with Crippen LogP contribution in [0.15, 0.2) is 33.7 Å². The zero-order valence-electron chi connectivity index (χ0n) is 16.9. The molecule has 2 N–H and O–H groups in total. The van der Waals surface area contributed by atoms with Gasteiger partial charge < -0.3 is 9.84 Å². The lowest BCUT2D eigenvalue weighted by atomic mass is 9.89. The van der Waals surface area contributed by atoms with Gasteiger partial charge in [0.25, 0.3) is 0 Å². The van der Waals surface area contributed by atoms with Gasteiger partial charge in [-0.1, -0.05) is 43.0 Å². The minimum atomic E-state index is -3.46. The summed E-state index contributed by atoms with van der Waals surface area (Å²) in [5.74, 6) is 0.989. The van der Waals surface area contributed by atoms with E-state index in [2.05, 4.69) is 20.2 Å². The van der Waals surface area contributed by atoms with Gasteiger partial charge in [0.15, 0.2) is 5.82 Å². The molecule has 1 aliphatic carbocycles. The molecule has 1 heterocycles. The Bertz CT molecular complexity index is 930. The van der Waals surface area contributed by atoms with E-state index in [1.165, 1.54) is 7.05 Å². The minimum Gasteiger partial charge on any atom is -0.343 e. The van der Waals surface area contributed by atoms with Crippen LogP contribution in [0.4, 0.5) is 0 Å². The fraction of sp³-hybridized carbons (Fsp3) is 0.550. The van der Waals surface area contributed by atoms with E-state index in [0.29, 0.717) is 24.6 Å². The van der Waals surface area contributed by atoms with Gasteiger partial charge >= 0.3 is 0 Å². The molecule has 1 aromatic carbocycles. The molecule has 1 aliphatic rings. The molecule has 2 aromatic rings. The van der Waals surface area contributed by atoms with Crippen molar-refractivity contribution in [2.75, 3.05) is 7.05 Å². The summed E-state index contributed by atoms with van der Waals surface area (Å²) in [7, 11) is -2.08. The maximum Gasteiger partial charge on any atom is 0.240 e. The van der Waals surface area contributed by atoms with Gasteiger partial charge in [0, 0.05) is 13.3 Å².